The molecular weight excluding hydrogens is 378 g/mol. The largest absolute Gasteiger partial charge is 0.380 e. The van der Waals surface area contributed by atoms with Gasteiger partial charge in [-0.25, -0.2) is 8.42 Å². The number of hydrogen-bond donors (Lipinski definition) is 0. The Hall–Kier alpha value is -2.29. The third-order valence-electron chi connectivity index (χ3n) is 5.53. The van der Waals surface area contributed by atoms with Crippen LogP contribution in [0.15, 0.2) is 59.8 Å². The van der Waals surface area contributed by atoms with Crippen LogP contribution in [0.5, 0.6) is 0 Å². The van der Waals surface area contributed by atoms with E-state index in [0.29, 0.717) is 19.4 Å². The lowest BCUT2D eigenvalue weighted by atomic mass is 10.0. The summed E-state index contributed by atoms with van der Waals surface area (Å²) in [6.45, 7) is 0.770. The van der Waals surface area contributed by atoms with E-state index >= 15 is 0 Å². The zero-order chi connectivity index (χ0) is 19.7. The van der Waals surface area contributed by atoms with Gasteiger partial charge in [-0.3, -0.25) is 9.78 Å². The Morgan fingerprint density at radius 3 is 2.61 bits per heavy atom. The quantitative estimate of drug-likeness (QED) is 0.755. The highest BCUT2D eigenvalue weighted by Gasteiger charge is 2.49. The van der Waals surface area contributed by atoms with Crippen molar-refractivity contribution in [1.82, 2.24) is 14.2 Å². The highest BCUT2D eigenvalue weighted by atomic mass is 32.2. The van der Waals surface area contributed by atoms with Crippen molar-refractivity contribution in [3.63, 3.8) is 0 Å². The average Bonchev–Trinajstić information content (AvgIpc) is 3.15. The predicted molar refractivity (Wildman–Crippen MR) is 103 cm³/mol. The van der Waals surface area contributed by atoms with E-state index in [0.717, 1.165) is 5.56 Å². The standard InChI is InChI=1S/C20H23N3O4S/c1-27-17-11-16-13-23(28(25,26)18-8-5-9-21-12-18)19(20(24)22(16)14-17)10-15-6-3-2-4-7-15/h2-9,12,16-17,19H,10-11,13-14H2,1H3/t16-,17-,19-/m0/s1. The molecule has 0 radical (unpaired) electrons. The minimum Gasteiger partial charge on any atom is -0.380 e. The smallest absolute Gasteiger partial charge is 0.245 e. The number of benzene rings is 1. The van der Waals surface area contributed by atoms with Crippen LogP contribution in [0.1, 0.15) is 12.0 Å². The molecule has 1 aromatic heterocycles. The highest BCUT2D eigenvalue weighted by molar-refractivity contribution is 7.89. The predicted octanol–water partition coefficient (Wildman–Crippen LogP) is 1.31. The number of rotatable bonds is 5. The number of ether oxygens (including phenoxy) is 1. The summed E-state index contributed by atoms with van der Waals surface area (Å²) in [5, 5.41) is 0. The van der Waals surface area contributed by atoms with Gasteiger partial charge in [0, 0.05) is 38.6 Å². The number of aromatic nitrogens is 1. The fourth-order valence-electron chi connectivity index (χ4n) is 4.06. The van der Waals surface area contributed by atoms with Crippen molar-refractivity contribution in [2.24, 2.45) is 0 Å². The maximum atomic E-state index is 13.4. The molecule has 28 heavy (non-hydrogen) atoms. The second kappa shape index (κ2) is 7.62. The molecule has 0 saturated carbocycles. The second-order valence-electron chi connectivity index (χ2n) is 7.21. The van der Waals surface area contributed by atoms with E-state index in [-0.39, 0.29) is 29.5 Å². The third kappa shape index (κ3) is 3.43. The average molecular weight is 401 g/mol. The van der Waals surface area contributed by atoms with E-state index in [4.69, 9.17) is 4.74 Å². The molecule has 8 heteroatoms. The van der Waals surface area contributed by atoms with Gasteiger partial charge in [0.2, 0.25) is 15.9 Å². The Balaban J connectivity index is 1.71. The first kappa shape index (κ1) is 19.0. The lowest BCUT2D eigenvalue weighted by Gasteiger charge is -2.41. The van der Waals surface area contributed by atoms with Crippen LogP contribution < -0.4 is 0 Å². The summed E-state index contributed by atoms with van der Waals surface area (Å²) in [5.41, 5.74) is 0.924. The van der Waals surface area contributed by atoms with Gasteiger partial charge in [-0.05, 0) is 30.5 Å². The van der Waals surface area contributed by atoms with Crippen LogP contribution in [0.2, 0.25) is 0 Å². The first-order chi connectivity index (χ1) is 13.5. The molecule has 0 N–H and O–H groups in total. The van der Waals surface area contributed by atoms with Crippen molar-refractivity contribution in [3.8, 4) is 0 Å². The summed E-state index contributed by atoms with van der Waals surface area (Å²) < 4.78 is 33.5. The Kier molecular flexibility index (Phi) is 5.18. The number of carbonyl (C=O) groups excluding carboxylic acids is 1. The molecule has 0 bridgehead atoms. The number of methoxy groups -OCH3 is 1. The summed E-state index contributed by atoms with van der Waals surface area (Å²) in [6.07, 6.45) is 3.77. The molecule has 2 aliphatic rings. The molecular formula is C20H23N3O4S. The SMILES string of the molecule is CO[C@H]1C[C@H]2CN(S(=O)(=O)c3cccnc3)[C@@H](Cc3ccccc3)C(=O)N2C1. The fraction of sp³-hybridized carbons (Fsp3) is 0.400. The van der Waals surface area contributed by atoms with Crippen molar-refractivity contribution < 1.29 is 17.9 Å². The van der Waals surface area contributed by atoms with Gasteiger partial charge in [0.1, 0.15) is 10.9 Å². The van der Waals surface area contributed by atoms with Crippen molar-refractivity contribution in [1.29, 1.82) is 0 Å². The lowest BCUT2D eigenvalue weighted by molar-refractivity contribution is -0.140. The molecule has 0 aliphatic carbocycles. The number of hydrogen-bond acceptors (Lipinski definition) is 5. The van der Waals surface area contributed by atoms with Crippen LogP contribution in [-0.4, -0.2) is 66.9 Å². The van der Waals surface area contributed by atoms with Crippen LogP contribution in [0.4, 0.5) is 0 Å². The zero-order valence-electron chi connectivity index (χ0n) is 15.6. The number of pyridine rings is 1. The minimum absolute atomic E-state index is 0.0626. The van der Waals surface area contributed by atoms with Crippen molar-refractivity contribution >= 4 is 15.9 Å². The van der Waals surface area contributed by atoms with Gasteiger partial charge in [-0.2, -0.15) is 4.31 Å². The molecule has 2 aliphatic heterocycles. The summed E-state index contributed by atoms with van der Waals surface area (Å²) in [6, 6.07) is 11.7. The lowest BCUT2D eigenvalue weighted by Crippen LogP contribution is -2.61. The van der Waals surface area contributed by atoms with Gasteiger partial charge in [-0.1, -0.05) is 30.3 Å². The van der Waals surface area contributed by atoms with Crippen LogP contribution in [0.25, 0.3) is 0 Å². The Morgan fingerprint density at radius 2 is 1.93 bits per heavy atom. The summed E-state index contributed by atoms with van der Waals surface area (Å²) in [7, 11) is -2.22. The molecule has 1 aromatic carbocycles. The number of fused-ring (bicyclic) bond motifs is 1. The van der Waals surface area contributed by atoms with Crippen LogP contribution in [0, 0.1) is 0 Å². The zero-order valence-corrected chi connectivity index (χ0v) is 16.5. The number of amides is 1. The van der Waals surface area contributed by atoms with E-state index in [2.05, 4.69) is 4.98 Å². The molecule has 2 saturated heterocycles. The van der Waals surface area contributed by atoms with Crippen molar-refractivity contribution in [2.75, 3.05) is 20.2 Å². The molecule has 148 valence electrons. The van der Waals surface area contributed by atoms with E-state index in [1.165, 1.54) is 22.8 Å². The fourth-order valence-corrected chi connectivity index (χ4v) is 5.65. The van der Waals surface area contributed by atoms with Gasteiger partial charge in [0.25, 0.3) is 0 Å². The Morgan fingerprint density at radius 1 is 1.14 bits per heavy atom. The van der Waals surface area contributed by atoms with Gasteiger partial charge >= 0.3 is 0 Å². The topological polar surface area (TPSA) is 79.8 Å². The number of nitrogens with zero attached hydrogens (tertiary/aromatic N) is 3. The number of carbonyl (C=O) groups is 1. The molecule has 3 heterocycles. The maximum absolute atomic E-state index is 13.4. The number of piperazine rings is 1. The van der Waals surface area contributed by atoms with Gasteiger partial charge in [0.05, 0.1) is 6.10 Å². The molecule has 3 atom stereocenters. The molecule has 2 aromatic rings. The van der Waals surface area contributed by atoms with Crippen molar-refractivity contribution in [2.45, 2.75) is 35.9 Å². The number of sulfonamides is 1. The van der Waals surface area contributed by atoms with E-state index in [1.54, 1.807) is 18.1 Å². The van der Waals surface area contributed by atoms with Gasteiger partial charge in [-0.15, -0.1) is 0 Å². The highest BCUT2D eigenvalue weighted by Crippen LogP contribution is 2.32. The first-order valence-electron chi connectivity index (χ1n) is 9.30. The molecule has 2 fully saturated rings. The Labute approximate surface area is 165 Å². The van der Waals surface area contributed by atoms with Crippen LogP contribution in [0.3, 0.4) is 0 Å². The summed E-state index contributed by atoms with van der Waals surface area (Å²) in [5.74, 6) is -0.160. The molecule has 0 spiro atoms. The minimum atomic E-state index is -3.84. The summed E-state index contributed by atoms with van der Waals surface area (Å²) >= 11 is 0. The van der Waals surface area contributed by atoms with Crippen molar-refractivity contribution in [3.05, 3.63) is 60.4 Å². The maximum Gasteiger partial charge on any atom is 0.245 e. The Bertz CT molecular complexity index is 936. The monoisotopic (exact) mass is 401 g/mol. The van der Waals surface area contributed by atoms with E-state index < -0.39 is 16.1 Å². The molecule has 0 unspecified atom stereocenters. The molecule has 7 nitrogen and oxygen atoms in total. The van der Waals surface area contributed by atoms with Crippen LogP contribution in [-0.2, 0) is 26.0 Å². The normalized spacial score (nSPS) is 25.7. The van der Waals surface area contributed by atoms with E-state index in [9.17, 15) is 13.2 Å². The first-order valence-corrected chi connectivity index (χ1v) is 10.7. The second-order valence-corrected chi connectivity index (χ2v) is 9.10. The molecule has 1 amide bonds. The van der Waals surface area contributed by atoms with Gasteiger partial charge < -0.3 is 9.64 Å². The third-order valence-corrected chi connectivity index (χ3v) is 7.39. The van der Waals surface area contributed by atoms with Gasteiger partial charge in [0.15, 0.2) is 0 Å². The van der Waals surface area contributed by atoms with E-state index in [1.807, 2.05) is 30.3 Å². The summed E-state index contributed by atoms with van der Waals surface area (Å²) in [4.78, 5) is 19.2. The van der Waals surface area contributed by atoms with Crippen LogP contribution >= 0.6 is 0 Å². The molecule has 4 rings (SSSR count).